The molecule has 0 aliphatic rings. The van der Waals surface area contributed by atoms with E-state index >= 15 is 0 Å². The molecular weight excluding hydrogens is 212 g/mol. The summed E-state index contributed by atoms with van der Waals surface area (Å²) in [5.41, 5.74) is 5.17. The molecule has 1 aromatic heterocycles. The summed E-state index contributed by atoms with van der Waals surface area (Å²) in [5, 5.41) is 23.0. The van der Waals surface area contributed by atoms with E-state index in [1.807, 2.05) is 0 Å². The molecule has 78 valence electrons. The Kier molecular flexibility index (Phi) is 3.39. The van der Waals surface area contributed by atoms with Gasteiger partial charge in [0.15, 0.2) is 5.02 Å². The van der Waals surface area contributed by atoms with E-state index in [9.17, 15) is 10.1 Å². The van der Waals surface area contributed by atoms with Crippen molar-refractivity contribution in [1.82, 2.24) is 9.78 Å². The first-order valence-corrected chi connectivity index (χ1v) is 4.18. The van der Waals surface area contributed by atoms with Gasteiger partial charge in [0.1, 0.15) is 0 Å². The van der Waals surface area contributed by atoms with Crippen LogP contribution in [0.5, 0.6) is 0 Å². The highest BCUT2D eigenvalue weighted by Gasteiger charge is 2.19. The molecule has 0 saturated heterocycles. The van der Waals surface area contributed by atoms with Gasteiger partial charge in [-0.3, -0.25) is 0 Å². The lowest BCUT2D eigenvalue weighted by atomic mass is 10.4. The van der Waals surface area contributed by atoms with Crippen molar-refractivity contribution in [3.8, 4) is 0 Å². The molecule has 1 rings (SSSR count). The molecule has 0 bridgehead atoms. The molecule has 1 unspecified atom stereocenters. The van der Waals surface area contributed by atoms with Crippen molar-refractivity contribution in [1.29, 1.82) is 0 Å². The maximum absolute atomic E-state index is 10.3. The van der Waals surface area contributed by atoms with Crippen LogP contribution in [0.1, 0.15) is 0 Å². The Morgan fingerprint density at radius 3 is 2.93 bits per heavy atom. The van der Waals surface area contributed by atoms with E-state index in [0.29, 0.717) is 0 Å². The maximum Gasteiger partial charge on any atom is 0.408 e. The monoisotopic (exact) mass is 220 g/mol. The Morgan fingerprint density at radius 2 is 2.50 bits per heavy atom. The second-order valence-corrected chi connectivity index (χ2v) is 3.08. The molecule has 8 heteroatoms. The summed E-state index contributed by atoms with van der Waals surface area (Å²) < 4.78 is 1.19. The normalized spacial score (nSPS) is 12.8. The van der Waals surface area contributed by atoms with Gasteiger partial charge < -0.3 is 21.0 Å². The Morgan fingerprint density at radius 1 is 1.86 bits per heavy atom. The molecule has 1 atom stereocenters. The van der Waals surface area contributed by atoms with Crippen LogP contribution >= 0.6 is 11.6 Å². The molecule has 7 nitrogen and oxygen atoms in total. The van der Waals surface area contributed by atoms with Crippen LogP contribution in [0.15, 0.2) is 6.20 Å². The third kappa shape index (κ3) is 2.41. The van der Waals surface area contributed by atoms with Crippen LogP contribution in [0, 0.1) is 10.1 Å². The maximum atomic E-state index is 10.3. The van der Waals surface area contributed by atoms with Crippen LogP contribution in [-0.2, 0) is 6.54 Å². The van der Waals surface area contributed by atoms with E-state index in [0.717, 1.165) is 0 Å². The summed E-state index contributed by atoms with van der Waals surface area (Å²) in [7, 11) is 0. The van der Waals surface area contributed by atoms with Crippen LogP contribution in [0.25, 0.3) is 0 Å². The molecule has 1 heterocycles. The van der Waals surface area contributed by atoms with Gasteiger partial charge in [-0.25, -0.2) is 0 Å². The standard InChI is InChI=1S/C6H9ClN4O3/c7-5-3-10(2-4(12)1-8)9-6(5)11(13)14/h3-4,12H,1-2,8H2. The van der Waals surface area contributed by atoms with Crippen LogP contribution in [-0.4, -0.2) is 32.5 Å². The number of aliphatic hydroxyl groups excluding tert-OH is 1. The van der Waals surface area contributed by atoms with E-state index < -0.39 is 16.8 Å². The van der Waals surface area contributed by atoms with E-state index in [-0.39, 0.29) is 18.1 Å². The highest BCUT2D eigenvalue weighted by atomic mass is 35.5. The van der Waals surface area contributed by atoms with Crippen molar-refractivity contribution < 1.29 is 10.0 Å². The van der Waals surface area contributed by atoms with Gasteiger partial charge in [-0.05, 0) is 4.92 Å². The van der Waals surface area contributed by atoms with Gasteiger partial charge in [-0.1, -0.05) is 11.6 Å². The van der Waals surface area contributed by atoms with Crippen LogP contribution < -0.4 is 5.73 Å². The summed E-state index contributed by atoms with van der Waals surface area (Å²) in [4.78, 5) is 9.66. The van der Waals surface area contributed by atoms with Gasteiger partial charge in [-0.15, -0.1) is 0 Å². The average Bonchev–Trinajstić information content (AvgIpc) is 2.46. The smallest absolute Gasteiger partial charge is 0.390 e. The number of nitrogens with two attached hydrogens (primary N) is 1. The topological polar surface area (TPSA) is 107 Å². The molecule has 0 amide bonds. The quantitative estimate of drug-likeness (QED) is 0.538. The van der Waals surface area contributed by atoms with E-state index in [2.05, 4.69) is 5.10 Å². The lowest BCUT2D eigenvalue weighted by molar-refractivity contribution is -0.389. The lowest BCUT2D eigenvalue weighted by Gasteiger charge is -2.03. The fourth-order valence-corrected chi connectivity index (χ4v) is 1.11. The summed E-state index contributed by atoms with van der Waals surface area (Å²) in [6, 6.07) is 0. The van der Waals surface area contributed by atoms with Gasteiger partial charge in [0.25, 0.3) is 0 Å². The largest absolute Gasteiger partial charge is 0.408 e. The fraction of sp³-hybridized carbons (Fsp3) is 0.500. The fourth-order valence-electron chi connectivity index (χ4n) is 0.895. The van der Waals surface area contributed by atoms with Gasteiger partial charge in [-0.2, -0.15) is 4.68 Å². The van der Waals surface area contributed by atoms with E-state index in [1.54, 1.807) is 0 Å². The van der Waals surface area contributed by atoms with Gasteiger partial charge in [0, 0.05) is 6.54 Å². The molecule has 3 N–H and O–H groups in total. The molecule has 1 aromatic rings. The first-order chi connectivity index (χ1) is 6.54. The highest BCUT2D eigenvalue weighted by molar-refractivity contribution is 6.32. The minimum Gasteiger partial charge on any atom is -0.390 e. The summed E-state index contributed by atoms with van der Waals surface area (Å²) in [5.74, 6) is -0.420. The summed E-state index contributed by atoms with van der Waals surface area (Å²) >= 11 is 5.53. The Bertz CT molecular complexity index is 340. The first-order valence-electron chi connectivity index (χ1n) is 3.80. The zero-order chi connectivity index (χ0) is 10.7. The van der Waals surface area contributed by atoms with Crippen molar-refractivity contribution in [2.45, 2.75) is 12.6 Å². The van der Waals surface area contributed by atoms with Crippen molar-refractivity contribution in [3.05, 3.63) is 21.3 Å². The number of halogens is 1. The predicted molar refractivity (Wildman–Crippen MR) is 49.0 cm³/mol. The van der Waals surface area contributed by atoms with Crippen LogP contribution in [0.4, 0.5) is 5.82 Å². The number of hydrogen-bond acceptors (Lipinski definition) is 5. The van der Waals surface area contributed by atoms with Gasteiger partial charge in [0.2, 0.25) is 0 Å². The highest BCUT2D eigenvalue weighted by Crippen LogP contribution is 2.21. The Labute approximate surface area is 84.2 Å². The minimum atomic E-state index is -0.787. The molecule has 14 heavy (non-hydrogen) atoms. The molecule has 0 aromatic carbocycles. The summed E-state index contributed by atoms with van der Waals surface area (Å²) in [6.07, 6.45) is 0.490. The zero-order valence-electron chi connectivity index (χ0n) is 7.13. The Hall–Kier alpha value is -1.18. The summed E-state index contributed by atoms with van der Waals surface area (Å²) in [6.45, 7) is 0.148. The number of nitrogens with zero attached hydrogens (tertiary/aromatic N) is 3. The van der Waals surface area contributed by atoms with Crippen molar-refractivity contribution >= 4 is 17.4 Å². The third-order valence-electron chi connectivity index (χ3n) is 1.54. The van der Waals surface area contributed by atoms with E-state index in [1.165, 1.54) is 10.9 Å². The predicted octanol–water partition coefficient (Wildman–Crippen LogP) is -0.236. The van der Waals surface area contributed by atoms with E-state index in [4.69, 9.17) is 22.4 Å². The van der Waals surface area contributed by atoms with Crippen molar-refractivity contribution in [2.75, 3.05) is 6.54 Å². The second kappa shape index (κ2) is 4.36. The zero-order valence-corrected chi connectivity index (χ0v) is 7.89. The van der Waals surface area contributed by atoms with Gasteiger partial charge >= 0.3 is 5.82 Å². The Balaban J connectivity index is 2.81. The molecular formula is C6H9ClN4O3. The van der Waals surface area contributed by atoms with Crippen LogP contribution in [0.3, 0.4) is 0 Å². The number of aliphatic hydroxyl groups is 1. The molecule has 0 fully saturated rings. The molecule has 0 aliphatic carbocycles. The number of aromatic nitrogens is 2. The number of hydrogen-bond donors (Lipinski definition) is 2. The molecule has 0 saturated carbocycles. The number of nitro groups is 1. The SMILES string of the molecule is NCC(O)Cn1cc(Cl)c([N+](=O)[O-])n1. The second-order valence-electron chi connectivity index (χ2n) is 2.67. The minimum absolute atomic E-state index is 0.0563. The molecule has 0 aliphatic heterocycles. The first kappa shape index (κ1) is 10.9. The van der Waals surface area contributed by atoms with Crippen molar-refractivity contribution in [3.63, 3.8) is 0 Å². The molecule has 0 radical (unpaired) electrons. The average molecular weight is 221 g/mol. The van der Waals surface area contributed by atoms with Gasteiger partial charge in [0.05, 0.1) is 23.9 Å². The van der Waals surface area contributed by atoms with Crippen LogP contribution in [0.2, 0.25) is 5.02 Å². The van der Waals surface area contributed by atoms with Crippen molar-refractivity contribution in [2.24, 2.45) is 5.73 Å². The molecule has 0 spiro atoms. The lowest BCUT2D eigenvalue weighted by Crippen LogP contribution is -2.25. The third-order valence-corrected chi connectivity index (χ3v) is 1.81. The number of rotatable bonds is 4.